The lowest BCUT2D eigenvalue weighted by Gasteiger charge is -2.00. The van der Waals surface area contributed by atoms with Gasteiger partial charge in [-0.25, -0.2) is 0 Å². The second-order valence-electron chi connectivity index (χ2n) is 2.85. The third-order valence-electron chi connectivity index (χ3n) is 1.90. The molecule has 0 fully saturated rings. The van der Waals surface area contributed by atoms with Gasteiger partial charge in [0.15, 0.2) is 0 Å². The highest BCUT2D eigenvalue weighted by molar-refractivity contribution is 7.04. The number of benzene rings is 1. The summed E-state index contributed by atoms with van der Waals surface area (Å²) in [5, 5.41) is 23.5. The van der Waals surface area contributed by atoms with Gasteiger partial charge >= 0.3 is 0 Å². The zero-order valence-electron chi connectivity index (χ0n) is 8.01. The van der Waals surface area contributed by atoms with E-state index in [1.54, 1.807) is 12.1 Å². The molecule has 1 N–H and O–H groups in total. The van der Waals surface area contributed by atoms with Gasteiger partial charge in [0.1, 0.15) is 12.1 Å². The number of rotatable bonds is 2. The summed E-state index contributed by atoms with van der Waals surface area (Å²) in [6.07, 6.45) is 0. The molecule has 1 heterocycles. The quantitative estimate of drug-likeness (QED) is 0.629. The molecular formula is C10H5N5S. The first kappa shape index (κ1) is 10.1. The summed E-state index contributed by atoms with van der Waals surface area (Å²) in [6.45, 7) is 0. The molecule has 1 aromatic carbocycles. The highest BCUT2D eigenvalue weighted by Gasteiger charge is 2.02. The van der Waals surface area contributed by atoms with Crippen LogP contribution < -0.4 is 5.43 Å². The monoisotopic (exact) mass is 227 g/mol. The Morgan fingerprint density at radius 2 is 2.19 bits per heavy atom. The van der Waals surface area contributed by atoms with Gasteiger partial charge in [-0.15, -0.1) is 0 Å². The maximum atomic E-state index is 8.52. The molecule has 0 aliphatic heterocycles. The van der Waals surface area contributed by atoms with Crippen molar-refractivity contribution >= 4 is 33.8 Å². The molecule has 0 aliphatic carbocycles. The number of anilines is 1. The van der Waals surface area contributed by atoms with E-state index in [0.29, 0.717) is 0 Å². The predicted molar refractivity (Wildman–Crippen MR) is 61.9 cm³/mol. The van der Waals surface area contributed by atoms with Crippen LogP contribution in [0.1, 0.15) is 0 Å². The molecule has 0 unspecified atom stereocenters. The molecule has 0 bridgehead atoms. The largest absolute Gasteiger partial charge is 0.276 e. The van der Waals surface area contributed by atoms with E-state index < -0.39 is 0 Å². The van der Waals surface area contributed by atoms with Crippen molar-refractivity contribution < 1.29 is 0 Å². The second kappa shape index (κ2) is 4.39. The van der Waals surface area contributed by atoms with E-state index in [9.17, 15) is 0 Å². The Hall–Kier alpha value is -2.44. The molecule has 16 heavy (non-hydrogen) atoms. The lowest BCUT2D eigenvalue weighted by Crippen LogP contribution is -1.96. The Kier molecular flexibility index (Phi) is 2.77. The fraction of sp³-hybridized carbons (Fsp3) is 0. The topological polar surface area (TPSA) is 84.9 Å². The van der Waals surface area contributed by atoms with Crippen molar-refractivity contribution in [1.82, 2.24) is 4.37 Å². The maximum absolute atomic E-state index is 8.52. The van der Waals surface area contributed by atoms with Crippen LogP contribution in [0.5, 0.6) is 0 Å². The Labute approximate surface area is 95.4 Å². The second-order valence-corrected chi connectivity index (χ2v) is 3.48. The van der Waals surface area contributed by atoms with E-state index in [1.807, 2.05) is 23.6 Å². The lowest BCUT2D eigenvalue weighted by molar-refractivity contribution is 1.35. The number of nitrogens with one attached hydrogen (secondary N) is 1. The highest BCUT2D eigenvalue weighted by atomic mass is 32.1. The number of aromatic nitrogens is 1. The van der Waals surface area contributed by atoms with Gasteiger partial charge < -0.3 is 0 Å². The van der Waals surface area contributed by atoms with Crippen LogP contribution in [0.2, 0.25) is 0 Å². The van der Waals surface area contributed by atoms with Crippen molar-refractivity contribution in [2.45, 2.75) is 0 Å². The molecule has 0 saturated heterocycles. The van der Waals surface area contributed by atoms with E-state index in [4.69, 9.17) is 10.5 Å². The molecule has 76 valence electrons. The SMILES string of the molecule is N#CC(C#N)=NNc1cccc2nscc12. The lowest BCUT2D eigenvalue weighted by atomic mass is 10.2. The van der Waals surface area contributed by atoms with Crippen LogP contribution >= 0.6 is 11.5 Å². The molecule has 0 saturated carbocycles. The average Bonchev–Trinajstić information content (AvgIpc) is 2.79. The Morgan fingerprint density at radius 1 is 1.38 bits per heavy atom. The molecule has 6 heteroatoms. The summed E-state index contributed by atoms with van der Waals surface area (Å²) in [5.74, 6) is 0. The summed E-state index contributed by atoms with van der Waals surface area (Å²) in [6, 6.07) is 8.88. The minimum atomic E-state index is -0.208. The van der Waals surface area contributed by atoms with Crippen LogP contribution in [0.3, 0.4) is 0 Å². The van der Waals surface area contributed by atoms with Gasteiger partial charge in [0.05, 0.1) is 11.2 Å². The van der Waals surface area contributed by atoms with Crippen LogP contribution in [-0.2, 0) is 0 Å². The van der Waals surface area contributed by atoms with E-state index >= 15 is 0 Å². The Morgan fingerprint density at radius 3 is 2.94 bits per heavy atom. The molecule has 0 amide bonds. The van der Waals surface area contributed by atoms with Gasteiger partial charge in [0, 0.05) is 10.8 Å². The van der Waals surface area contributed by atoms with Gasteiger partial charge in [-0.05, 0) is 23.7 Å². The summed E-state index contributed by atoms with van der Waals surface area (Å²) < 4.78 is 4.17. The van der Waals surface area contributed by atoms with Crippen LogP contribution in [0, 0.1) is 22.7 Å². The first-order valence-electron chi connectivity index (χ1n) is 4.32. The van der Waals surface area contributed by atoms with E-state index in [1.165, 1.54) is 11.5 Å². The third-order valence-corrected chi connectivity index (χ3v) is 2.55. The van der Waals surface area contributed by atoms with Crippen molar-refractivity contribution in [3.05, 3.63) is 23.6 Å². The number of hydrogen-bond donors (Lipinski definition) is 1. The van der Waals surface area contributed by atoms with Crippen molar-refractivity contribution in [3.63, 3.8) is 0 Å². The summed E-state index contributed by atoms with van der Waals surface area (Å²) in [5.41, 5.74) is 4.07. The first-order valence-corrected chi connectivity index (χ1v) is 5.16. The van der Waals surface area contributed by atoms with Gasteiger partial charge in [0.2, 0.25) is 5.71 Å². The van der Waals surface area contributed by atoms with Gasteiger partial charge in [0.25, 0.3) is 0 Å². The van der Waals surface area contributed by atoms with Gasteiger partial charge in [-0.2, -0.15) is 20.0 Å². The highest BCUT2D eigenvalue weighted by Crippen LogP contribution is 2.23. The van der Waals surface area contributed by atoms with Crippen molar-refractivity contribution in [1.29, 1.82) is 10.5 Å². The molecule has 0 atom stereocenters. The summed E-state index contributed by atoms with van der Waals surface area (Å²) in [7, 11) is 0. The van der Waals surface area contributed by atoms with Crippen molar-refractivity contribution in [2.24, 2.45) is 5.10 Å². The van der Waals surface area contributed by atoms with Gasteiger partial charge in [-0.1, -0.05) is 6.07 Å². The van der Waals surface area contributed by atoms with Crippen LogP contribution in [0.4, 0.5) is 5.69 Å². The predicted octanol–water partition coefficient (Wildman–Crippen LogP) is 2.11. The number of hydrazone groups is 1. The number of fused-ring (bicyclic) bond motifs is 1. The van der Waals surface area contributed by atoms with Crippen molar-refractivity contribution in [3.8, 4) is 12.1 Å². The smallest absolute Gasteiger partial charge is 0.237 e. The number of hydrogen-bond acceptors (Lipinski definition) is 6. The summed E-state index contributed by atoms with van der Waals surface area (Å²) >= 11 is 1.34. The fourth-order valence-corrected chi connectivity index (χ4v) is 1.86. The Bertz CT molecular complexity index is 612. The molecule has 1 aromatic heterocycles. The van der Waals surface area contributed by atoms with Crippen LogP contribution in [0.25, 0.3) is 10.9 Å². The molecule has 0 radical (unpaired) electrons. The van der Waals surface area contributed by atoms with E-state index in [0.717, 1.165) is 16.6 Å². The molecule has 5 nitrogen and oxygen atoms in total. The third kappa shape index (κ3) is 1.83. The minimum absolute atomic E-state index is 0.208. The van der Waals surface area contributed by atoms with E-state index in [-0.39, 0.29) is 5.71 Å². The zero-order chi connectivity index (χ0) is 11.4. The average molecular weight is 227 g/mol. The first-order chi connectivity index (χ1) is 7.85. The maximum Gasteiger partial charge on any atom is 0.237 e. The molecule has 2 rings (SSSR count). The Balaban J connectivity index is 2.36. The normalized spacial score (nSPS) is 9.12. The molecule has 2 aromatic rings. The fourth-order valence-electron chi connectivity index (χ4n) is 1.18. The zero-order valence-corrected chi connectivity index (χ0v) is 8.82. The minimum Gasteiger partial charge on any atom is -0.276 e. The molecule has 0 spiro atoms. The number of nitrogens with zero attached hydrogens (tertiary/aromatic N) is 4. The molecular weight excluding hydrogens is 222 g/mol. The van der Waals surface area contributed by atoms with Crippen LogP contribution in [0.15, 0.2) is 28.7 Å². The number of nitriles is 2. The van der Waals surface area contributed by atoms with Gasteiger partial charge in [-0.3, -0.25) is 5.43 Å². The standard InChI is InChI=1S/C10H5N5S/c11-4-7(5-12)13-14-9-2-1-3-10-8(9)6-16-15-10/h1-3,6,14H. The van der Waals surface area contributed by atoms with Crippen molar-refractivity contribution in [2.75, 3.05) is 5.43 Å². The summed E-state index contributed by atoms with van der Waals surface area (Å²) in [4.78, 5) is 0. The molecule has 0 aliphatic rings. The van der Waals surface area contributed by atoms with E-state index in [2.05, 4.69) is 14.9 Å². The van der Waals surface area contributed by atoms with Crippen LogP contribution in [-0.4, -0.2) is 10.1 Å².